The van der Waals surface area contributed by atoms with E-state index in [1.807, 2.05) is 0 Å². The lowest BCUT2D eigenvalue weighted by Gasteiger charge is -2.02. The Balaban J connectivity index is 2.45. The third kappa shape index (κ3) is 1.76. The van der Waals surface area contributed by atoms with Crippen molar-refractivity contribution in [2.45, 2.75) is 13.0 Å². The van der Waals surface area contributed by atoms with Crippen molar-refractivity contribution in [3.63, 3.8) is 0 Å². The summed E-state index contributed by atoms with van der Waals surface area (Å²) in [6.07, 6.45) is -0.205. The summed E-state index contributed by atoms with van der Waals surface area (Å²) >= 11 is 0. The maximum absolute atomic E-state index is 11.3. The minimum atomic E-state index is -1.19. The van der Waals surface area contributed by atoms with Gasteiger partial charge in [-0.05, 0) is 12.1 Å². The number of carbonyl (C=O) groups is 1. The molecule has 0 bridgehead atoms. The number of carbonyl (C=O) groups excluding carboxylic acids is 1. The molecule has 0 radical (unpaired) electrons. The number of carboxylic acids is 1. The highest BCUT2D eigenvalue weighted by molar-refractivity contribution is 5.72. The highest BCUT2D eigenvalue weighted by Gasteiger charge is 2.07. The van der Waals surface area contributed by atoms with Crippen LogP contribution >= 0.6 is 0 Å². The Hall–Kier alpha value is -2.04. The van der Waals surface area contributed by atoms with Crippen LogP contribution in [0.2, 0.25) is 0 Å². The number of nitrogens with zero attached hydrogens (tertiary/aromatic N) is 1. The predicted molar refractivity (Wildman–Crippen MR) is 50.1 cm³/mol. The average molecular weight is 206 g/mol. The zero-order valence-electron chi connectivity index (χ0n) is 7.80. The lowest BCUT2D eigenvalue weighted by atomic mass is 10.3. The Morgan fingerprint density at radius 1 is 1.40 bits per heavy atom. The van der Waals surface area contributed by atoms with Crippen molar-refractivity contribution in [1.29, 1.82) is 0 Å². The van der Waals surface area contributed by atoms with Crippen molar-refractivity contribution in [2.75, 3.05) is 0 Å². The number of aryl methyl sites for hydroxylation is 1. The van der Waals surface area contributed by atoms with E-state index in [-0.39, 0.29) is 13.0 Å². The van der Waals surface area contributed by atoms with Crippen LogP contribution < -0.4 is 10.9 Å². The summed E-state index contributed by atoms with van der Waals surface area (Å²) in [4.78, 5) is 21.6. The molecule has 1 heterocycles. The van der Waals surface area contributed by atoms with E-state index >= 15 is 0 Å². The van der Waals surface area contributed by atoms with E-state index in [1.54, 1.807) is 24.3 Å². The van der Waals surface area contributed by atoms with E-state index in [0.717, 1.165) is 0 Å². The number of aromatic nitrogens is 1. The number of hydrogen-bond donors (Lipinski definition) is 0. The molecule has 0 unspecified atom stereocenters. The number of rotatable bonds is 3. The number of oxazole rings is 1. The zero-order chi connectivity index (χ0) is 10.8. The first-order valence-electron chi connectivity index (χ1n) is 4.46. The van der Waals surface area contributed by atoms with Gasteiger partial charge in [0, 0.05) is 18.9 Å². The van der Waals surface area contributed by atoms with Gasteiger partial charge in [-0.25, -0.2) is 4.79 Å². The first-order valence-corrected chi connectivity index (χ1v) is 4.46. The normalized spacial score (nSPS) is 10.7. The highest BCUT2D eigenvalue weighted by atomic mass is 16.4. The van der Waals surface area contributed by atoms with Gasteiger partial charge in [-0.15, -0.1) is 0 Å². The van der Waals surface area contributed by atoms with Gasteiger partial charge < -0.3 is 14.3 Å². The van der Waals surface area contributed by atoms with Gasteiger partial charge >= 0.3 is 5.76 Å². The van der Waals surface area contributed by atoms with Gasteiger partial charge in [0.15, 0.2) is 5.58 Å². The second-order valence-corrected chi connectivity index (χ2v) is 3.11. The fraction of sp³-hybridized carbons (Fsp3) is 0.200. The summed E-state index contributed by atoms with van der Waals surface area (Å²) in [6, 6.07) is 6.86. The van der Waals surface area contributed by atoms with Gasteiger partial charge in [0.2, 0.25) is 0 Å². The number of para-hydroxylation sites is 2. The Kier molecular flexibility index (Phi) is 2.29. The van der Waals surface area contributed by atoms with Gasteiger partial charge in [-0.3, -0.25) is 4.57 Å². The van der Waals surface area contributed by atoms with Gasteiger partial charge in [0.25, 0.3) is 0 Å². The zero-order valence-corrected chi connectivity index (χ0v) is 7.80. The third-order valence-electron chi connectivity index (χ3n) is 2.11. The van der Waals surface area contributed by atoms with Crippen LogP contribution in [0.5, 0.6) is 0 Å². The Morgan fingerprint density at radius 2 is 2.13 bits per heavy atom. The molecule has 0 atom stereocenters. The van der Waals surface area contributed by atoms with Gasteiger partial charge in [-0.1, -0.05) is 12.1 Å². The van der Waals surface area contributed by atoms with Crippen LogP contribution in [0.25, 0.3) is 11.1 Å². The van der Waals surface area contributed by atoms with Crippen molar-refractivity contribution in [3.05, 3.63) is 34.8 Å². The standard InChI is InChI=1S/C10H9NO4/c12-9(13)5-6-11-7-3-1-2-4-8(7)15-10(11)14/h1-4H,5-6H2,(H,12,13)/p-1. The number of benzene rings is 1. The minimum absolute atomic E-state index is 0.0676. The van der Waals surface area contributed by atoms with Crippen LogP contribution in [-0.2, 0) is 11.3 Å². The van der Waals surface area contributed by atoms with E-state index in [9.17, 15) is 14.7 Å². The second kappa shape index (κ2) is 3.61. The van der Waals surface area contributed by atoms with Crippen molar-refractivity contribution in [3.8, 4) is 0 Å². The summed E-state index contributed by atoms with van der Waals surface area (Å²) in [5, 5.41) is 10.3. The maximum atomic E-state index is 11.3. The van der Waals surface area contributed by atoms with E-state index in [0.29, 0.717) is 11.1 Å². The number of aliphatic carboxylic acids is 1. The molecular formula is C10H8NO4-. The average Bonchev–Trinajstić information content (AvgIpc) is 2.50. The Bertz CT molecular complexity index is 552. The molecule has 0 aliphatic carbocycles. The topological polar surface area (TPSA) is 75.3 Å². The molecule has 0 saturated carbocycles. The van der Waals surface area contributed by atoms with Crippen LogP contribution in [0.3, 0.4) is 0 Å². The molecule has 0 fully saturated rings. The van der Waals surface area contributed by atoms with Gasteiger partial charge in [0.1, 0.15) is 0 Å². The van der Waals surface area contributed by atoms with E-state index < -0.39 is 11.7 Å². The quantitative estimate of drug-likeness (QED) is 0.693. The van der Waals surface area contributed by atoms with Crippen molar-refractivity contribution in [2.24, 2.45) is 0 Å². The summed E-state index contributed by atoms with van der Waals surface area (Å²) < 4.78 is 6.21. The Labute approximate surface area is 84.5 Å². The molecule has 0 spiro atoms. The van der Waals surface area contributed by atoms with Gasteiger partial charge in [0.05, 0.1) is 5.52 Å². The van der Waals surface area contributed by atoms with Crippen molar-refractivity contribution >= 4 is 17.1 Å². The van der Waals surface area contributed by atoms with Crippen LogP contribution in [0.1, 0.15) is 6.42 Å². The molecule has 15 heavy (non-hydrogen) atoms. The maximum Gasteiger partial charge on any atom is 0.419 e. The van der Waals surface area contributed by atoms with Crippen LogP contribution in [0.4, 0.5) is 0 Å². The molecule has 1 aromatic carbocycles. The molecule has 5 nitrogen and oxygen atoms in total. The molecule has 0 N–H and O–H groups in total. The van der Waals surface area contributed by atoms with Crippen LogP contribution in [-0.4, -0.2) is 10.5 Å². The summed E-state index contributed by atoms with van der Waals surface area (Å²) in [5.41, 5.74) is 1.06. The highest BCUT2D eigenvalue weighted by Crippen LogP contribution is 2.11. The van der Waals surface area contributed by atoms with E-state index in [2.05, 4.69) is 0 Å². The van der Waals surface area contributed by atoms with Gasteiger partial charge in [-0.2, -0.15) is 0 Å². The van der Waals surface area contributed by atoms with Crippen LogP contribution in [0, 0.1) is 0 Å². The largest absolute Gasteiger partial charge is 0.550 e. The molecule has 5 heteroatoms. The molecule has 2 rings (SSSR count). The van der Waals surface area contributed by atoms with Crippen molar-refractivity contribution < 1.29 is 14.3 Å². The van der Waals surface area contributed by atoms with E-state index in [4.69, 9.17) is 4.42 Å². The summed E-state index contributed by atoms with van der Waals surface area (Å²) in [7, 11) is 0. The molecule has 0 saturated heterocycles. The number of fused-ring (bicyclic) bond motifs is 1. The third-order valence-corrected chi connectivity index (χ3v) is 2.11. The lowest BCUT2D eigenvalue weighted by molar-refractivity contribution is -0.305. The molecule has 2 aromatic rings. The molecule has 0 aliphatic heterocycles. The molecule has 0 aliphatic rings. The fourth-order valence-corrected chi connectivity index (χ4v) is 1.43. The number of carboxylic acid groups (broad SMARTS) is 1. The smallest absolute Gasteiger partial charge is 0.419 e. The second-order valence-electron chi connectivity index (χ2n) is 3.11. The first kappa shape index (κ1) is 9.51. The Morgan fingerprint density at radius 3 is 2.87 bits per heavy atom. The van der Waals surface area contributed by atoms with Crippen molar-refractivity contribution in [1.82, 2.24) is 4.57 Å². The lowest BCUT2D eigenvalue weighted by Crippen LogP contribution is -2.25. The molecular weight excluding hydrogens is 198 g/mol. The number of hydrogen-bond acceptors (Lipinski definition) is 4. The SMILES string of the molecule is O=C([O-])CCn1c(=O)oc2ccccc21. The van der Waals surface area contributed by atoms with E-state index in [1.165, 1.54) is 4.57 Å². The molecule has 78 valence electrons. The van der Waals surface area contributed by atoms with Crippen LogP contribution in [0.15, 0.2) is 33.5 Å². The molecule has 1 aromatic heterocycles. The monoisotopic (exact) mass is 206 g/mol. The minimum Gasteiger partial charge on any atom is -0.550 e. The predicted octanol–water partition coefficient (Wildman–Crippen LogP) is -0.266. The first-order chi connectivity index (χ1) is 7.18. The molecule has 0 amide bonds. The summed E-state index contributed by atoms with van der Waals surface area (Å²) in [5.74, 6) is -1.73. The summed E-state index contributed by atoms with van der Waals surface area (Å²) in [6.45, 7) is 0.0676. The fourth-order valence-electron chi connectivity index (χ4n) is 1.43.